The molecule has 1 aromatic rings. The van der Waals surface area contributed by atoms with Gasteiger partial charge in [0.05, 0.1) is 0 Å². The molecule has 0 radical (unpaired) electrons. The van der Waals surface area contributed by atoms with Crippen LogP contribution in [0, 0.1) is 5.92 Å². The van der Waals surface area contributed by atoms with Crippen LogP contribution in [0.15, 0.2) is 24.3 Å². The highest BCUT2D eigenvalue weighted by Gasteiger charge is 2.22. The Morgan fingerprint density at radius 2 is 1.63 bits per heavy atom. The molecule has 3 N–H and O–H groups in total. The highest BCUT2D eigenvalue weighted by atomic mass is 16.6. The normalized spacial score (nSPS) is 16.6. The van der Waals surface area contributed by atoms with Gasteiger partial charge in [0, 0.05) is 44.4 Å². The minimum atomic E-state index is -0.500. The van der Waals surface area contributed by atoms with E-state index in [1.165, 1.54) is 44.1 Å². The van der Waals surface area contributed by atoms with Crippen molar-refractivity contribution in [3.8, 4) is 0 Å². The van der Waals surface area contributed by atoms with E-state index in [1.54, 1.807) is 0 Å². The molecule has 1 saturated carbocycles. The molecule has 1 aliphatic carbocycles. The summed E-state index contributed by atoms with van der Waals surface area (Å²) in [6, 6.07) is 8.84. The molecule has 9 nitrogen and oxygen atoms in total. The van der Waals surface area contributed by atoms with Gasteiger partial charge in [0.25, 0.3) is 0 Å². The van der Waals surface area contributed by atoms with Crippen molar-refractivity contribution in [3.05, 3.63) is 29.8 Å². The van der Waals surface area contributed by atoms with Crippen LogP contribution in [0.2, 0.25) is 0 Å². The van der Waals surface area contributed by atoms with Crippen LogP contribution >= 0.6 is 0 Å². The lowest BCUT2D eigenvalue weighted by Crippen LogP contribution is -2.47. The number of nitrogens with one attached hydrogen (secondary N) is 3. The fraction of sp³-hybridized carbons (Fsp3) is 0.690. The molecular weight excluding hydrogens is 484 g/mol. The zero-order valence-electron chi connectivity index (χ0n) is 23.4. The molecule has 38 heavy (non-hydrogen) atoms. The quantitative estimate of drug-likeness (QED) is 0.326. The summed E-state index contributed by atoms with van der Waals surface area (Å²) in [5, 5.41) is 17.8. The predicted molar refractivity (Wildman–Crippen MR) is 148 cm³/mol. The summed E-state index contributed by atoms with van der Waals surface area (Å²) < 4.78 is 5.26. The Morgan fingerprint density at radius 1 is 1.00 bits per heavy atom. The van der Waals surface area contributed by atoms with E-state index in [-0.39, 0.29) is 12.1 Å². The summed E-state index contributed by atoms with van der Waals surface area (Å²) in [5.41, 5.74) is 1.78. The number of nitrogens with zero attached hydrogens (tertiary/aromatic N) is 1. The minimum Gasteiger partial charge on any atom is -0.554 e. The van der Waals surface area contributed by atoms with Crippen LogP contribution in [0.5, 0.6) is 0 Å². The summed E-state index contributed by atoms with van der Waals surface area (Å²) in [5.74, 6) is 0.880. The van der Waals surface area contributed by atoms with Crippen LogP contribution in [0.1, 0.15) is 84.1 Å². The van der Waals surface area contributed by atoms with Gasteiger partial charge in [0.2, 0.25) is 0 Å². The fourth-order valence-corrected chi connectivity index (χ4v) is 5.03. The number of hydrogen-bond acceptors (Lipinski definition) is 6. The second-order valence-electron chi connectivity index (χ2n) is 11.3. The van der Waals surface area contributed by atoms with Gasteiger partial charge in [-0.2, -0.15) is 0 Å². The van der Waals surface area contributed by atoms with Crippen LogP contribution in [0.4, 0.5) is 15.3 Å². The molecule has 1 heterocycles. The van der Waals surface area contributed by atoms with E-state index in [2.05, 4.69) is 40.2 Å². The summed E-state index contributed by atoms with van der Waals surface area (Å²) in [6.07, 6.45) is 11.6. The van der Waals surface area contributed by atoms with Gasteiger partial charge in [-0.3, -0.25) is 0 Å². The van der Waals surface area contributed by atoms with Crippen molar-refractivity contribution in [3.63, 3.8) is 0 Å². The number of carbonyl (C=O) groups excluding carboxylic acids is 3. The Labute approximate surface area is 228 Å². The maximum Gasteiger partial charge on any atom is 0.407 e. The zero-order valence-corrected chi connectivity index (χ0v) is 23.4. The van der Waals surface area contributed by atoms with Crippen molar-refractivity contribution < 1.29 is 24.2 Å². The second-order valence-corrected chi connectivity index (χ2v) is 11.3. The highest BCUT2D eigenvalue weighted by molar-refractivity contribution is 5.74. The minimum absolute atomic E-state index is 0.0939. The number of rotatable bonds is 9. The summed E-state index contributed by atoms with van der Waals surface area (Å²) in [4.78, 5) is 34.5. The Hall–Kier alpha value is -2.97. The summed E-state index contributed by atoms with van der Waals surface area (Å²) in [6.45, 7) is 8.00. The molecule has 0 bridgehead atoms. The smallest absolute Gasteiger partial charge is 0.407 e. The summed E-state index contributed by atoms with van der Waals surface area (Å²) in [7, 11) is 0. The molecule has 1 aromatic carbocycles. The molecule has 3 amide bonds. The first-order valence-corrected chi connectivity index (χ1v) is 14.1. The van der Waals surface area contributed by atoms with Gasteiger partial charge in [-0.05, 0) is 76.5 Å². The second kappa shape index (κ2) is 16.8. The molecule has 2 aliphatic rings. The van der Waals surface area contributed by atoms with Gasteiger partial charge in [-0.1, -0.05) is 44.2 Å². The number of carbonyl (C=O) groups is 3. The molecule has 0 aromatic heterocycles. The monoisotopic (exact) mass is 531 g/mol. The zero-order chi connectivity index (χ0) is 27.8. The van der Waals surface area contributed by atoms with Gasteiger partial charge >= 0.3 is 12.1 Å². The third-order valence-corrected chi connectivity index (χ3v) is 6.98. The van der Waals surface area contributed by atoms with E-state index in [0.29, 0.717) is 12.6 Å². The molecule has 1 aliphatic heterocycles. The van der Waals surface area contributed by atoms with E-state index in [0.717, 1.165) is 56.9 Å². The first kappa shape index (κ1) is 31.2. The number of alkyl carbamates (subject to hydrolysis) is 1. The molecule has 9 heteroatoms. The van der Waals surface area contributed by atoms with Crippen molar-refractivity contribution in [2.75, 3.05) is 31.5 Å². The number of hydrogen-bond donors (Lipinski definition) is 3. The van der Waals surface area contributed by atoms with E-state index in [9.17, 15) is 9.59 Å². The standard InChI is InChI=1S/C28H46N4O3.CH2O2/c1-28(2,3)35-27(34)30-19-15-23-11-13-24(14-12-23)31-25-16-20-32(21-17-25)26(33)29-18-7-10-22-8-5-4-6-9-22;2-1-3/h11-14,22,25,31H,4-10,15-21H2,1-3H3,(H,29,33)(H,30,34);1H,(H,2,3)/p-1. The van der Waals surface area contributed by atoms with Crippen LogP contribution in [0.25, 0.3) is 0 Å². The van der Waals surface area contributed by atoms with E-state index in [4.69, 9.17) is 14.6 Å². The third-order valence-electron chi connectivity index (χ3n) is 6.98. The van der Waals surface area contributed by atoms with Gasteiger partial charge in [0.1, 0.15) is 5.60 Å². The molecule has 0 spiro atoms. The number of ether oxygens (including phenoxy) is 1. The Balaban J connectivity index is 0.00000161. The Bertz CT molecular complexity index is 826. The highest BCUT2D eigenvalue weighted by Crippen LogP contribution is 2.27. The van der Waals surface area contributed by atoms with Gasteiger partial charge in [-0.15, -0.1) is 0 Å². The van der Waals surface area contributed by atoms with E-state index in [1.807, 2.05) is 25.7 Å². The largest absolute Gasteiger partial charge is 0.554 e. The van der Waals surface area contributed by atoms with Gasteiger partial charge < -0.3 is 35.5 Å². The number of anilines is 1. The van der Waals surface area contributed by atoms with Crippen molar-refractivity contribution >= 4 is 24.3 Å². The SMILES string of the molecule is CC(C)(C)OC(=O)NCCc1ccc(NC2CCN(C(=O)NCCCC3CCCCC3)CC2)cc1.O=C[O-]. The van der Waals surface area contributed by atoms with Gasteiger partial charge in [0.15, 0.2) is 0 Å². The number of likely N-dealkylation sites (tertiary alicyclic amines) is 1. The molecule has 2 fully saturated rings. The Kier molecular flexibility index (Phi) is 13.8. The van der Waals surface area contributed by atoms with E-state index >= 15 is 0 Å². The third kappa shape index (κ3) is 13.0. The Morgan fingerprint density at radius 3 is 2.24 bits per heavy atom. The number of benzene rings is 1. The molecule has 0 unspecified atom stereocenters. The van der Waals surface area contributed by atoms with E-state index < -0.39 is 12.1 Å². The molecule has 3 rings (SSSR count). The van der Waals surface area contributed by atoms with Crippen LogP contribution in [-0.2, 0) is 16.0 Å². The van der Waals surface area contributed by atoms with Crippen molar-refractivity contribution in [2.24, 2.45) is 5.92 Å². The lowest BCUT2D eigenvalue weighted by molar-refractivity contribution is -0.283. The lowest BCUT2D eigenvalue weighted by atomic mass is 9.86. The molecule has 0 atom stereocenters. The molecule has 1 saturated heterocycles. The average Bonchev–Trinajstić information content (AvgIpc) is 2.88. The first-order valence-electron chi connectivity index (χ1n) is 14.1. The fourth-order valence-electron chi connectivity index (χ4n) is 5.03. The number of urea groups is 1. The summed E-state index contributed by atoms with van der Waals surface area (Å²) >= 11 is 0. The van der Waals surface area contributed by atoms with Crippen LogP contribution in [0.3, 0.4) is 0 Å². The molecule has 214 valence electrons. The predicted octanol–water partition coefficient (Wildman–Crippen LogP) is 4.07. The van der Waals surface area contributed by atoms with Crippen LogP contribution in [-0.4, -0.2) is 61.3 Å². The number of amides is 3. The lowest BCUT2D eigenvalue weighted by Gasteiger charge is -2.33. The van der Waals surface area contributed by atoms with Crippen LogP contribution < -0.4 is 21.1 Å². The first-order chi connectivity index (χ1) is 18.2. The molecular formula is C29H47N4O5-. The van der Waals surface area contributed by atoms with Crippen molar-refractivity contribution in [2.45, 2.75) is 96.6 Å². The maximum atomic E-state index is 12.5. The number of carboxylic acid groups (broad SMARTS) is 1. The van der Waals surface area contributed by atoms with Crippen molar-refractivity contribution in [1.29, 1.82) is 0 Å². The van der Waals surface area contributed by atoms with Crippen molar-refractivity contribution in [1.82, 2.24) is 15.5 Å². The number of piperidine rings is 1. The van der Waals surface area contributed by atoms with Gasteiger partial charge in [-0.25, -0.2) is 9.59 Å². The average molecular weight is 532 g/mol. The topological polar surface area (TPSA) is 123 Å². The maximum absolute atomic E-state index is 12.5.